The summed E-state index contributed by atoms with van der Waals surface area (Å²) in [6.07, 6.45) is 1.04. The van der Waals surface area contributed by atoms with Gasteiger partial charge in [0.25, 0.3) is 0 Å². The molecule has 0 aromatic carbocycles. The van der Waals surface area contributed by atoms with Crippen LogP contribution >= 0.6 is 11.3 Å². The first-order valence-corrected chi connectivity index (χ1v) is 6.02. The van der Waals surface area contributed by atoms with Crippen molar-refractivity contribution in [2.75, 3.05) is 13.6 Å². The summed E-state index contributed by atoms with van der Waals surface area (Å²) < 4.78 is 0. The molecular formula is C11H20N2S. The smallest absolute Gasteiger partial charge is 0.0410 e. The van der Waals surface area contributed by atoms with E-state index in [1.165, 1.54) is 4.88 Å². The summed E-state index contributed by atoms with van der Waals surface area (Å²) in [7, 11) is 2.14. The molecule has 3 heteroatoms. The second-order valence-electron chi connectivity index (χ2n) is 3.80. The van der Waals surface area contributed by atoms with E-state index >= 15 is 0 Å². The highest BCUT2D eigenvalue weighted by atomic mass is 32.1. The molecule has 0 saturated heterocycles. The van der Waals surface area contributed by atoms with Gasteiger partial charge in [0, 0.05) is 23.5 Å². The topological polar surface area (TPSA) is 29.3 Å². The van der Waals surface area contributed by atoms with Gasteiger partial charge in [-0.3, -0.25) is 4.90 Å². The van der Waals surface area contributed by atoms with E-state index in [2.05, 4.69) is 43.3 Å². The zero-order chi connectivity index (χ0) is 10.6. The average Bonchev–Trinajstić information content (AvgIpc) is 2.69. The maximum Gasteiger partial charge on any atom is 0.0410 e. The first-order chi connectivity index (χ1) is 6.65. The Morgan fingerprint density at radius 3 is 2.79 bits per heavy atom. The van der Waals surface area contributed by atoms with Crippen LogP contribution in [-0.4, -0.2) is 24.5 Å². The van der Waals surface area contributed by atoms with Crippen molar-refractivity contribution in [2.45, 2.75) is 32.4 Å². The molecular weight excluding hydrogens is 192 g/mol. The van der Waals surface area contributed by atoms with Crippen molar-refractivity contribution in [2.24, 2.45) is 5.73 Å². The number of rotatable bonds is 5. The molecule has 1 rings (SSSR count). The molecule has 1 aromatic rings. The molecule has 1 heterocycles. The standard InChI is InChI=1S/C11H20N2S/c1-4-10(12)8-13(3)9(2)11-6-5-7-14-11/h5-7,9-10H,4,8,12H2,1-3H3. The van der Waals surface area contributed by atoms with Crippen LogP contribution in [0.2, 0.25) is 0 Å². The summed E-state index contributed by atoms with van der Waals surface area (Å²) in [5, 5.41) is 2.12. The van der Waals surface area contributed by atoms with Gasteiger partial charge in [0.05, 0.1) is 0 Å². The molecule has 0 fully saturated rings. The summed E-state index contributed by atoms with van der Waals surface area (Å²) in [4.78, 5) is 3.73. The first-order valence-electron chi connectivity index (χ1n) is 5.14. The second kappa shape index (κ2) is 5.49. The van der Waals surface area contributed by atoms with Crippen LogP contribution in [0.3, 0.4) is 0 Å². The van der Waals surface area contributed by atoms with Gasteiger partial charge in [0.2, 0.25) is 0 Å². The lowest BCUT2D eigenvalue weighted by Gasteiger charge is -2.26. The zero-order valence-electron chi connectivity index (χ0n) is 9.23. The van der Waals surface area contributed by atoms with E-state index in [9.17, 15) is 0 Å². The van der Waals surface area contributed by atoms with Crippen molar-refractivity contribution in [3.05, 3.63) is 22.4 Å². The van der Waals surface area contributed by atoms with Crippen LogP contribution in [0, 0.1) is 0 Å². The van der Waals surface area contributed by atoms with E-state index in [1.807, 2.05) is 11.3 Å². The normalized spacial score (nSPS) is 15.8. The van der Waals surface area contributed by atoms with Crippen LogP contribution in [0.4, 0.5) is 0 Å². The van der Waals surface area contributed by atoms with Gasteiger partial charge in [0.1, 0.15) is 0 Å². The third-order valence-corrected chi connectivity index (χ3v) is 3.71. The van der Waals surface area contributed by atoms with Crippen molar-refractivity contribution in [1.82, 2.24) is 4.90 Å². The molecule has 0 amide bonds. The lowest BCUT2D eigenvalue weighted by atomic mass is 10.2. The lowest BCUT2D eigenvalue weighted by Crippen LogP contribution is -2.35. The third-order valence-electron chi connectivity index (χ3n) is 2.66. The summed E-state index contributed by atoms with van der Waals surface area (Å²) in [5.74, 6) is 0. The van der Waals surface area contributed by atoms with Crippen molar-refractivity contribution in [3.8, 4) is 0 Å². The SMILES string of the molecule is CCC(N)CN(C)C(C)c1cccs1. The summed E-state index contributed by atoms with van der Waals surface area (Å²) in [6, 6.07) is 5.06. The number of nitrogens with two attached hydrogens (primary N) is 1. The fraction of sp³-hybridized carbons (Fsp3) is 0.636. The van der Waals surface area contributed by atoms with E-state index in [1.54, 1.807) is 0 Å². The number of thiophene rings is 1. The van der Waals surface area contributed by atoms with Crippen LogP contribution < -0.4 is 5.73 Å². The monoisotopic (exact) mass is 212 g/mol. The van der Waals surface area contributed by atoms with Gasteiger partial charge in [0.15, 0.2) is 0 Å². The van der Waals surface area contributed by atoms with Gasteiger partial charge in [-0.25, -0.2) is 0 Å². The minimum atomic E-state index is 0.294. The average molecular weight is 212 g/mol. The molecule has 0 aliphatic heterocycles. The Morgan fingerprint density at radius 1 is 1.57 bits per heavy atom. The minimum absolute atomic E-state index is 0.294. The molecule has 0 radical (unpaired) electrons. The molecule has 14 heavy (non-hydrogen) atoms. The molecule has 2 unspecified atom stereocenters. The number of nitrogens with zero attached hydrogens (tertiary/aromatic N) is 1. The summed E-state index contributed by atoms with van der Waals surface area (Å²) in [6.45, 7) is 5.33. The molecule has 2 atom stereocenters. The molecule has 0 spiro atoms. The predicted molar refractivity (Wildman–Crippen MR) is 63.6 cm³/mol. The highest BCUT2D eigenvalue weighted by Crippen LogP contribution is 2.23. The molecule has 0 aliphatic rings. The Morgan fingerprint density at radius 2 is 2.29 bits per heavy atom. The van der Waals surface area contributed by atoms with E-state index in [-0.39, 0.29) is 0 Å². The maximum absolute atomic E-state index is 5.93. The maximum atomic E-state index is 5.93. The van der Waals surface area contributed by atoms with Gasteiger partial charge >= 0.3 is 0 Å². The van der Waals surface area contributed by atoms with E-state index in [0.717, 1.165) is 13.0 Å². The van der Waals surface area contributed by atoms with Crippen LogP contribution in [0.15, 0.2) is 17.5 Å². The van der Waals surface area contributed by atoms with Crippen LogP contribution in [0.25, 0.3) is 0 Å². The molecule has 0 bridgehead atoms. The molecule has 0 aliphatic carbocycles. The Labute approximate surface area is 90.7 Å². The molecule has 1 aromatic heterocycles. The van der Waals surface area contributed by atoms with Crippen molar-refractivity contribution >= 4 is 11.3 Å². The van der Waals surface area contributed by atoms with Crippen molar-refractivity contribution in [1.29, 1.82) is 0 Å². The van der Waals surface area contributed by atoms with E-state index in [0.29, 0.717) is 12.1 Å². The highest BCUT2D eigenvalue weighted by Gasteiger charge is 2.14. The quantitative estimate of drug-likeness (QED) is 0.812. The van der Waals surface area contributed by atoms with E-state index in [4.69, 9.17) is 5.73 Å². The molecule has 2 nitrogen and oxygen atoms in total. The Bertz CT molecular complexity index is 246. The fourth-order valence-electron chi connectivity index (χ4n) is 1.40. The summed E-state index contributed by atoms with van der Waals surface area (Å²) >= 11 is 1.81. The Kier molecular flexibility index (Phi) is 4.58. The van der Waals surface area contributed by atoms with Gasteiger partial charge in [-0.1, -0.05) is 13.0 Å². The van der Waals surface area contributed by atoms with Crippen LogP contribution in [0.1, 0.15) is 31.2 Å². The minimum Gasteiger partial charge on any atom is -0.327 e. The van der Waals surface area contributed by atoms with Crippen LogP contribution in [0.5, 0.6) is 0 Å². The largest absolute Gasteiger partial charge is 0.327 e. The van der Waals surface area contributed by atoms with Gasteiger partial charge in [-0.2, -0.15) is 0 Å². The molecule has 2 N–H and O–H groups in total. The number of hydrogen-bond donors (Lipinski definition) is 1. The number of hydrogen-bond acceptors (Lipinski definition) is 3. The second-order valence-corrected chi connectivity index (χ2v) is 4.78. The molecule has 0 saturated carbocycles. The Balaban J connectivity index is 2.48. The predicted octanol–water partition coefficient (Wildman–Crippen LogP) is 2.48. The van der Waals surface area contributed by atoms with Gasteiger partial charge in [-0.15, -0.1) is 11.3 Å². The zero-order valence-corrected chi connectivity index (χ0v) is 10.1. The summed E-state index contributed by atoms with van der Waals surface area (Å²) in [5.41, 5.74) is 5.93. The number of likely N-dealkylation sites (N-methyl/N-ethyl adjacent to an activating group) is 1. The fourth-order valence-corrected chi connectivity index (χ4v) is 2.25. The third kappa shape index (κ3) is 3.08. The first kappa shape index (κ1) is 11.7. The van der Waals surface area contributed by atoms with Crippen molar-refractivity contribution < 1.29 is 0 Å². The van der Waals surface area contributed by atoms with Gasteiger partial charge < -0.3 is 5.73 Å². The Hall–Kier alpha value is -0.380. The van der Waals surface area contributed by atoms with Crippen LogP contribution in [-0.2, 0) is 0 Å². The van der Waals surface area contributed by atoms with Crippen molar-refractivity contribution in [3.63, 3.8) is 0 Å². The lowest BCUT2D eigenvalue weighted by molar-refractivity contribution is 0.246. The van der Waals surface area contributed by atoms with E-state index < -0.39 is 0 Å². The highest BCUT2D eigenvalue weighted by molar-refractivity contribution is 7.10. The molecule has 80 valence electrons. The van der Waals surface area contributed by atoms with Gasteiger partial charge in [-0.05, 0) is 31.8 Å².